The maximum Gasteiger partial charge on any atom is 0.213 e. The average molecular weight is 467 g/mol. The molecule has 0 saturated heterocycles. The monoisotopic (exact) mass is 466 g/mol. The molecule has 2 aliphatic heterocycles. The third kappa shape index (κ3) is 4.17. The predicted molar refractivity (Wildman–Crippen MR) is 129 cm³/mol. The molecule has 3 aromatic carbocycles. The summed E-state index contributed by atoms with van der Waals surface area (Å²) in [4.78, 5) is 0. The summed E-state index contributed by atoms with van der Waals surface area (Å²) in [6.45, 7) is 2.88. The Bertz CT molecular complexity index is 1130. The van der Waals surface area contributed by atoms with E-state index in [-0.39, 0.29) is 12.3 Å². The summed E-state index contributed by atoms with van der Waals surface area (Å²) in [7, 11) is 0. The zero-order chi connectivity index (χ0) is 22.1. The third-order valence-electron chi connectivity index (χ3n) is 5.86. The maximum absolute atomic E-state index is 6.43. The van der Waals surface area contributed by atoms with Crippen molar-refractivity contribution in [3.05, 3.63) is 93.5 Å². The molecule has 164 valence electrons. The van der Waals surface area contributed by atoms with Crippen molar-refractivity contribution in [2.45, 2.75) is 38.5 Å². The number of nitrogens with zero attached hydrogens (tertiary/aromatic N) is 2. The molecule has 0 radical (unpaired) electrons. The number of halogens is 2. The van der Waals surface area contributed by atoms with Gasteiger partial charge in [-0.05, 0) is 66.6 Å². The molecular formula is C26H24Cl2N2O2. The van der Waals surface area contributed by atoms with Gasteiger partial charge in [-0.1, -0.05) is 48.7 Å². The molecule has 3 aromatic rings. The van der Waals surface area contributed by atoms with E-state index in [2.05, 4.69) is 24.1 Å². The van der Waals surface area contributed by atoms with Crippen LogP contribution in [-0.4, -0.2) is 17.3 Å². The lowest BCUT2D eigenvalue weighted by atomic mass is 9.96. The molecule has 5 rings (SSSR count). The first kappa shape index (κ1) is 21.2. The normalized spacial score (nSPS) is 19.1. The van der Waals surface area contributed by atoms with Crippen LogP contribution in [0.1, 0.15) is 55.1 Å². The molecule has 2 atom stereocenters. The van der Waals surface area contributed by atoms with Crippen molar-refractivity contribution in [1.82, 2.24) is 5.01 Å². The van der Waals surface area contributed by atoms with Crippen molar-refractivity contribution in [2.75, 3.05) is 6.61 Å². The van der Waals surface area contributed by atoms with Crippen LogP contribution in [0, 0.1) is 0 Å². The number of benzene rings is 3. The molecule has 2 unspecified atom stereocenters. The number of hydrogen-bond donors (Lipinski definition) is 0. The van der Waals surface area contributed by atoms with E-state index in [0.717, 1.165) is 59.8 Å². The molecule has 0 N–H and O–H groups in total. The lowest BCUT2D eigenvalue weighted by Gasteiger charge is -2.38. The Kier molecular flexibility index (Phi) is 5.99. The van der Waals surface area contributed by atoms with Crippen molar-refractivity contribution in [3.8, 4) is 11.5 Å². The van der Waals surface area contributed by atoms with Crippen LogP contribution in [0.2, 0.25) is 10.0 Å². The summed E-state index contributed by atoms with van der Waals surface area (Å²) < 4.78 is 12.2. The van der Waals surface area contributed by atoms with E-state index >= 15 is 0 Å². The van der Waals surface area contributed by atoms with Gasteiger partial charge in [0.2, 0.25) is 6.23 Å². The van der Waals surface area contributed by atoms with Crippen LogP contribution >= 0.6 is 23.2 Å². The Hall–Kier alpha value is -2.69. The first-order chi connectivity index (χ1) is 15.6. The standard InChI is InChI=1S/C26H24Cl2N2O2/c1-2-3-14-31-21-11-6-18(7-12-21)26-30-24(22-15-20(28)10-13-25(22)32-26)16-23(29-30)17-4-8-19(27)9-5-17/h4-13,15,24,26H,2-3,14,16H2,1H3. The van der Waals surface area contributed by atoms with Gasteiger partial charge in [0.25, 0.3) is 0 Å². The molecule has 0 aliphatic carbocycles. The highest BCUT2D eigenvalue weighted by Crippen LogP contribution is 2.48. The minimum Gasteiger partial charge on any atom is -0.494 e. The summed E-state index contributed by atoms with van der Waals surface area (Å²) in [5.41, 5.74) is 4.15. The summed E-state index contributed by atoms with van der Waals surface area (Å²) >= 11 is 12.4. The van der Waals surface area contributed by atoms with Gasteiger partial charge in [0.15, 0.2) is 0 Å². The van der Waals surface area contributed by atoms with E-state index in [9.17, 15) is 0 Å². The zero-order valence-corrected chi connectivity index (χ0v) is 19.3. The molecule has 4 nitrogen and oxygen atoms in total. The smallest absolute Gasteiger partial charge is 0.213 e. The second kappa shape index (κ2) is 9.05. The van der Waals surface area contributed by atoms with Gasteiger partial charge in [0.05, 0.1) is 18.4 Å². The van der Waals surface area contributed by atoms with Gasteiger partial charge < -0.3 is 9.47 Å². The van der Waals surface area contributed by atoms with Crippen LogP contribution in [0.3, 0.4) is 0 Å². The molecule has 0 amide bonds. The Morgan fingerprint density at radius 3 is 2.50 bits per heavy atom. The van der Waals surface area contributed by atoms with Crippen molar-refractivity contribution >= 4 is 28.9 Å². The van der Waals surface area contributed by atoms with Crippen molar-refractivity contribution in [1.29, 1.82) is 0 Å². The Balaban J connectivity index is 1.48. The fourth-order valence-corrected chi connectivity index (χ4v) is 4.46. The van der Waals surface area contributed by atoms with E-state index in [4.69, 9.17) is 37.8 Å². The highest BCUT2D eigenvalue weighted by atomic mass is 35.5. The van der Waals surface area contributed by atoms with Gasteiger partial charge in [0, 0.05) is 27.6 Å². The molecule has 2 heterocycles. The summed E-state index contributed by atoms with van der Waals surface area (Å²) in [5, 5.41) is 8.44. The first-order valence-electron chi connectivity index (χ1n) is 10.9. The lowest BCUT2D eigenvalue weighted by Crippen LogP contribution is -2.33. The number of hydrogen-bond acceptors (Lipinski definition) is 4. The highest BCUT2D eigenvalue weighted by molar-refractivity contribution is 6.31. The fourth-order valence-electron chi connectivity index (χ4n) is 4.16. The summed E-state index contributed by atoms with van der Waals surface area (Å²) in [6.07, 6.45) is 2.60. The topological polar surface area (TPSA) is 34.1 Å². The average Bonchev–Trinajstić information content (AvgIpc) is 3.26. The van der Waals surface area contributed by atoms with Crippen molar-refractivity contribution in [3.63, 3.8) is 0 Å². The van der Waals surface area contributed by atoms with Gasteiger partial charge in [-0.3, -0.25) is 0 Å². The maximum atomic E-state index is 6.43. The fraction of sp³-hybridized carbons (Fsp3) is 0.269. The molecule has 0 bridgehead atoms. The van der Waals surface area contributed by atoms with Gasteiger partial charge in [0.1, 0.15) is 11.5 Å². The van der Waals surface area contributed by atoms with Gasteiger partial charge in [-0.15, -0.1) is 0 Å². The summed E-state index contributed by atoms with van der Waals surface area (Å²) in [5.74, 6) is 1.71. The second-order valence-electron chi connectivity index (χ2n) is 8.08. The lowest BCUT2D eigenvalue weighted by molar-refractivity contribution is -0.0190. The molecule has 2 aliphatic rings. The second-order valence-corrected chi connectivity index (χ2v) is 8.95. The Morgan fingerprint density at radius 2 is 1.75 bits per heavy atom. The number of rotatable bonds is 6. The van der Waals surface area contributed by atoms with Crippen molar-refractivity contribution < 1.29 is 9.47 Å². The van der Waals surface area contributed by atoms with Gasteiger partial charge >= 0.3 is 0 Å². The van der Waals surface area contributed by atoms with Crippen LogP contribution < -0.4 is 9.47 Å². The zero-order valence-electron chi connectivity index (χ0n) is 17.8. The molecule has 32 heavy (non-hydrogen) atoms. The third-order valence-corrected chi connectivity index (χ3v) is 6.35. The van der Waals surface area contributed by atoms with E-state index in [1.807, 2.05) is 54.6 Å². The van der Waals surface area contributed by atoms with E-state index in [1.54, 1.807) is 0 Å². The molecule has 0 aromatic heterocycles. The van der Waals surface area contributed by atoms with E-state index < -0.39 is 0 Å². The van der Waals surface area contributed by atoms with E-state index in [1.165, 1.54) is 0 Å². The molecule has 0 saturated carbocycles. The minimum absolute atomic E-state index is 0.0496. The number of ether oxygens (including phenoxy) is 2. The summed E-state index contributed by atoms with van der Waals surface area (Å²) in [6, 6.07) is 21.8. The van der Waals surface area contributed by atoms with Gasteiger partial charge in [-0.25, -0.2) is 5.01 Å². The Labute approximate surface area is 198 Å². The number of unbranched alkanes of at least 4 members (excludes halogenated alkanes) is 1. The van der Waals surface area contributed by atoms with Crippen LogP contribution in [0.4, 0.5) is 0 Å². The molecule has 6 heteroatoms. The van der Waals surface area contributed by atoms with E-state index in [0.29, 0.717) is 10.0 Å². The van der Waals surface area contributed by atoms with Crippen LogP contribution in [0.5, 0.6) is 11.5 Å². The minimum atomic E-state index is -0.330. The predicted octanol–water partition coefficient (Wildman–Crippen LogP) is 7.41. The van der Waals surface area contributed by atoms with Crippen LogP contribution in [0.15, 0.2) is 71.8 Å². The largest absolute Gasteiger partial charge is 0.494 e. The molecular weight excluding hydrogens is 443 g/mol. The molecule has 0 spiro atoms. The first-order valence-corrected chi connectivity index (χ1v) is 11.7. The quantitative estimate of drug-likeness (QED) is 0.354. The number of hydrazone groups is 1. The highest BCUT2D eigenvalue weighted by Gasteiger charge is 2.41. The van der Waals surface area contributed by atoms with Crippen LogP contribution in [-0.2, 0) is 0 Å². The van der Waals surface area contributed by atoms with Crippen LogP contribution in [0.25, 0.3) is 0 Å². The van der Waals surface area contributed by atoms with Gasteiger partial charge in [-0.2, -0.15) is 5.10 Å². The molecule has 0 fully saturated rings. The SMILES string of the molecule is CCCCOc1ccc(C2Oc3ccc(Cl)cc3C3CC(c4ccc(Cl)cc4)=NN32)cc1. The number of fused-ring (bicyclic) bond motifs is 3. The Morgan fingerprint density at radius 1 is 1.00 bits per heavy atom. The van der Waals surface area contributed by atoms with Crippen molar-refractivity contribution in [2.24, 2.45) is 5.10 Å².